The fourth-order valence-electron chi connectivity index (χ4n) is 2.15. The van der Waals surface area contributed by atoms with Gasteiger partial charge in [0.25, 0.3) is 5.91 Å². The van der Waals surface area contributed by atoms with Crippen molar-refractivity contribution in [2.24, 2.45) is 5.73 Å². The second kappa shape index (κ2) is 5.98. The zero-order valence-electron chi connectivity index (χ0n) is 10.8. The summed E-state index contributed by atoms with van der Waals surface area (Å²) in [5.74, 6) is 0.0162. The highest BCUT2D eigenvalue weighted by atomic mass is 16.5. The normalized spacial score (nSPS) is 16.2. The summed E-state index contributed by atoms with van der Waals surface area (Å²) in [6, 6.07) is 8.06. The number of ether oxygens (including phenoxy) is 1. The zero-order valence-corrected chi connectivity index (χ0v) is 10.8. The number of rotatable bonds is 4. The van der Waals surface area contributed by atoms with Crippen LogP contribution in [0.25, 0.3) is 0 Å². The summed E-state index contributed by atoms with van der Waals surface area (Å²) in [5, 5.41) is 0. The molecule has 0 radical (unpaired) electrons. The maximum absolute atomic E-state index is 12.1. The Balaban J connectivity index is 2.04. The first-order chi connectivity index (χ1) is 8.72. The molecule has 0 bridgehead atoms. The van der Waals surface area contributed by atoms with E-state index in [0.717, 1.165) is 25.1 Å². The highest BCUT2D eigenvalue weighted by molar-refractivity contribution is 5.95. The summed E-state index contributed by atoms with van der Waals surface area (Å²) < 4.78 is 5.40. The maximum Gasteiger partial charge on any atom is 0.252 e. The molecule has 1 amide bonds. The van der Waals surface area contributed by atoms with E-state index in [1.165, 1.54) is 5.56 Å². The summed E-state index contributed by atoms with van der Waals surface area (Å²) in [6.45, 7) is 3.18. The van der Waals surface area contributed by atoms with Crippen LogP contribution in [0, 0.1) is 0 Å². The van der Waals surface area contributed by atoms with Gasteiger partial charge in [-0.15, -0.1) is 0 Å². The molecule has 1 heterocycles. The largest absolute Gasteiger partial charge is 0.367 e. The van der Waals surface area contributed by atoms with Gasteiger partial charge in [-0.05, 0) is 31.4 Å². The van der Waals surface area contributed by atoms with Crippen LogP contribution in [0.1, 0.15) is 18.9 Å². The number of amides is 1. The number of para-hydroxylation sites is 1. The third-order valence-corrected chi connectivity index (χ3v) is 3.23. The predicted molar refractivity (Wildman–Crippen MR) is 71.6 cm³/mol. The van der Waals surface area contributed by atoms with Crippen LogP contribution in [0.3, 0.4) is 0 Å². The molecule has 0 spiro atoms. The van der Waals surface area contributed by atoms with E-state index in [2.05, 4.69) is 6.07 Å². The molecule has 1 unspecified atom stereocenters. The van der Waals surface area contributed by atoms with E-state index in [1.807, 2.05) is 30.0 Å². The molecule has 0 saturated carbocycles. The van der Waals surface area contributed by atoms with E-state index in [1.54, 1.807) is 0 Å². The molecular formula is C14H20N2O2. The summed E-state index contributed by atoms with van der Waals surface area (Å²) in [4.78, 5) is 14.0. The Hall–Kier alpha value is -1.39. The number of hydrogen-bond donors (Lipinski definition) is 1. The molecule has 2 N–H and O–H groups in total. The second-order valence-corrected chi connectivity index (χ2v) is 4.63. The summed E-state index contributed by atoms with van der Waals surface area (Å²) in [5.41, 5.74) is 7.73. The van der Waals surface area contributed by atoms with Crippen molar-refractivity contribution < 1.29 is 9.53 Å². The first-order valence-electron chi connectivity index (χ1n) is 6.42. The molecule has 1 aliphatic heterocycles. The van der Waals surface area contributed by atoms with E-state index in [9.17, 15) is 4.79 Å². The van der Waals surface area contributed by atoms with Crippen molar-refractivity contribution in [1.29, 1.82) is 0 Å². The minimum absolute atomic E-state index is 0.0162. The van der Waals surface area contributed by atoms with Crippen molar-refractivity contribution in [3.05, 3.63) is 29.8 Å². The Morgan fingerprint density at radius 1 is 1.50 bits per heavy atom. The van der Waals surface area contributed by atoms with Crippen molar-refractivity contribution in [3.63, 3.8) is 0 Å². The lowest BCUT2D eigenvalue weighted by Gasteiger charge is -2.29. The topological polar surface area (TPSA) is 55.6 Å². The average molecular weight is 248 g/mol. The number of nitrogens with two attached hydrogens (primary N) is 1. The standard InChI is InChI=1S/C14H20N2O2/c1-11(9-15)18-10-14(17)16-8-4-6-12-5-2-3-7-13(12)16/h2-3,5,7,11H,4,6,8-10,15H2,1H3. The smallest absolute Gasteiger partial charge is 0.252 e. The molecule has 2 rings (SSSR count). The Bertz CT molecular complexity index is 420. The lowest BCUT2D eigenvalue weighted by molar-refractivity contribution is -0.124. The van der Waals surface area contributed by atoms with E-state index in [-0.39, 0.29) is 18.6 Å². The molecule has 0 aliphatic carbocycles. The number of anilines is 1. The molecule has 4 nitrogen and oxygen atoms in total. The molecule has 4 heteroatoms. The lowest BCUT2D eigenvalue weighted by Crippen LogP contribution is -2.39. The Labute approximate surface area is 108 Å². The van der Waals surface area contributed by atoms with Crippen molar-refractivity contribution in [3.8, 4) is 0 Å². The predicted octanol–water partition coefficient (Wildman–Crippen LogP) is 1.33. The van der Waals surface area contributed by atoms with Crippen LogP contribution in [-0.4, -0.2) is 31.7 Å². The van der Waals surface area contributed by atoms with Gasteiger partial charge < -0.3 is 15.4 Å². The van der Waals surface area contributed by atoms with E-state index in [0.29, 0.717) is 6.54 Å². The summed E-state index contributed by atoms with van der Waals surface area (Å²) in [7, 11) is 0. The maximum atomic E-state index is 12.1. The van der Waals surface area contributed by atoms with Gasteiger partial charge in [-0.3, -0.25) is 4.79 Å². The third kappa shape index (κ3) is 2.89. The first kappa shape index (κ1) is 13.1. The SMILES string of the molecule is CC(CN)OCC(=O)N1CCCc2ccccc21. The van der Waals surface area contributed by atoms with Gasteiger partial charge >= 0.3 is 0 Å². The highest BCUT2D eigenvalue weighted by Gasteiger charge is 2.22. The van der Waals surface area contributed by atoms with E-state index in [4.69, 9.17) is 10.5 Å². The van der Waals surface area contributed by atoms with Crippen molar-refractivity contribution in [1.82, 2.24) is 0 Å². The van der Waals surface area contributed by atoms with Crippen molar-refractivity contribution >= 4 is 11.6 Å². The Morgan fingerprint density at radius 2 is 2.28 bits per heavy atom. The van der Waals surface area contributed by atoms with Crippen molar-refractivity contribution in [2.45, 2.75) is 25.9 Å². The molecule has 0 saturated heterocycles. The molecule has 18 heavy (non-hydrogen) atoms. The van der Waals surface area contributed by atoms with Gasteiger partial charge in [0.1, 0.15) is 6.61 Å². The highest BCUT2D eigenvalue weighted by Crippen LogP contribution is 2.26. The van der Waals surface area contributed by atoms with Gasteiger partial charge in [0, 0.05) is 18.8 Å². The van der Waals surface area contributed by atoms with Crippen LogP contribution in [0.2, 0.25) is 0 Å². The average Bonchev–Trinajstić information content (AvgIpc) is 2.43. The van der Waals surface area contributed by atoms with Crippen LogP contribution in [0.15, 0.2) is 24.3 Å². The minimum atomic E-state index is -0.0750. The van der Waals surface area contributed by atoms with Crippen LogP contribution in [-0.2, 0) is 16.0 Å². The Morgan fingerprint density at radius 3 is 3.06 bits per heavy atom. The van der Waals surface area contributed by atoms with Crippen LogP contribution >= 0.6 is 0 Å². The van der Waals surface area contributed by atoms with Crippen molar-refractivity contribution in [2.75, 3.05) is 24.6 Å². The van der Waals surface area contributed by atoms with Crippen LogP contribution < -0.4 is 10.6 Å². The van der Waals surface area contributed by atoms with Gasteiger partial charge in [-0.1, -0.05) is 18.2 Å². The summed E-state index contributed by atoms with van der Waals surface area (Å²) >= 11 is 0. The number of carbonyl (C=O) groups excluding carboxylic acids is 1. The fourth-order valence-corrected chi connectivity index (χ4v) is 2.15. The number of hydrogen-bond acceptors (Lipinski definition) is 3. The van der Waals surface area contributed by atoms with Gasteiger partial charge in [-0.2, -0.15) is 0 Å². The monoisotopic (exact) mass is 248 g/mol. The van der Waals surface area contributed by atoms with E-state index < -0.39 is 0 Å². The number of fused-ring (bicyclic) bond motifs is 1. The molecule has 98 valence electrons. The van der Waals surface area contributed by atoms with E-state index >= 15 is 0 Å². The van der Waals surface area contributed by atoms with Gasteiger partial charge in [0.15, 0.2) is 0 Å². The molecule has 0 fully saturated rings. The fraction of sp³-hybridized carbons (Fsp3) is 0.500. The summed E-state index contributed by atoms with van der Waals surface area (Å²) in [6.07, 6.45) is 1.98. The lowest BCUT2D eigenvalue weighted by atomic mass is 10.0. The molecule has 1 aliphatic rings. The third-order valence-electron chi connectivity index (χ3n) is 3.23. The van der Waals surface area contributed by atoms with Gasteiger partial charge in [0.05, 0.1) is 6.10 Å². The minimum Gasteiger partial charge on any atom is -0.367 e. The Kier molecular flexibility index (Phi) is 4.33. The first-order valence-corrected chi connectivity index (χ1v) is 6.42. The molecule has 0 aromatic heterocycles. The number of benzene rings is 1. The molecule has 1 atom stereocenters. The number of aryl methyl sites for hydroxylation is 1. The molecule has 1 aromatic carbocycles. The quantitative estimate of drug-likeness (QED) is 0.874. The van der Waals surface area contributed by atoms with Gasteiger partial charge in [-0.25, -0.2) is 0 Å². The van der Waals surface area contributed by atoms with Crippen LogP contribution in [0.5, 0.6) is 0 Å². The van der Waals surface area contributed by atoms with Gasteiger partial charge in [0.2, 0.25) is 0 Å². The molecule has 1 aromatic rings. The zero-order chi connectivity index (χ0) is 13.0. The number of carbonyl (C=O) groups is 1. The second-order valence-electron chi connectivity index (χ2n) is 4.63. The molecular weight excluding hydrogens is 228 g/mol. The number of nitrogens with zero attached hydrogens (tertiary/aromatic N) is 1. The van der Waals surface area contributed by atoms with Crippen LogP contribution in [0.4, 0.5) is 5.69 Å².